The van der Waals surface area contributed by atoms with Crippen molar-refractivity contribution in [1.82, 2.24) is 20.1 Å². The lowest BCUT2D eigenvalue weighted by molar-refractivity contribution is -0.138. The molecule has 2 aromatic rings. The molecule has 16 heteroatoms. The van der Waals surface area contributed by atoms with E-state index >= 15 is 0 Å². The van der Waals surface area contributed by atoms with Gasteiger partial charge in [-0.2, -0.15) is 18.4 Å². The Morgan fingerprint density at radius 3 is 2.35 bits per heavy atom. The number of nitrogens with one attached hydrogen (secondary N) is 2. The first kappa shape index (κ1) is 45.2. The summed E-state index contributed by atoms with van der Waals surface area (Å²) in [4.78, 5) is 57.4. The molecule has 1 aromatic heterocycles. The van der Waals surface area contributed by atoms with E-state index in [1.807, 2.05) is 30.9 Å². The topological polar surface area (TPSA) is 159 Å². The molecule has 1 saturated carbocycles. The van der Waals surface area contributed by atoms with Gasteiger partial charge in [-0.05, 0) is 108 Å². The molecular formula is C41H58F3N7O5S. The number of pyridine rings is 1. The van der Waals surface area contributed by atoms with Crippen LogP contribution < -0.4 is 15.5 Å². The predicted octanol–water partition coefficient (Wildman–Crippen LogP) is 7.16. The van der Waals surface area contributed by atoms with Crippen LogP contribution in [0.5, 0.6) is 0 Å². The summed E-state index contributed by atoms with van der Waals surface area (Å²) in [5.74, 6) is -0.701. The Kier molecular flexibility index (Phi) is 15.7. The summed E-state index contributed by atoms with van der Waals surface area (Å²) in [5, 5.41) is 23.5. The highest BCUT2D eigenvalue weighted by molar-refractivity contribution is 7.80. The van der Waals surface area contributed by atoms with Crippen LogP contribution in [0.3, 0.4) is 0 Å². The number of nitriles is 1. The third-order valence-electron chi connectivity index (χ3n) is 11.1. The van der Waals surface area contributed by atoms with Crippen LogP contribution in [0.4, 0.5) is 24.5 Å². The summed E-state index contributed by atoms with van der Waals surface area (Å²) in [6, 6.07) is 9.89. The van der Waals surface area contributed by atoms with Crippen LogP contribution in [0.15, 0.2) is 36.5 Å². The number of rotatable bonds is 8. The lowest BCUT2D eigenvalue weighted by atomic mass is 9.89. The SMILES string of the molecule is CC.CC1(C)C(=O)N(c2cnc(C#N)c(C(F)(F)F)c2)C(=S)N1C1CCCCC1.C[C@@H]1C[C@@H](CCO)CCN1CC(=O)Nc1ccc(C2CCC(=O)NC2=O)cc1.[HH].[HH]. The van der Waals surface area contributed by atoms with Crippen molar-refractivity contribution < 1.29 is 40.3 Å². The Morgan fingerprint density at radius 1 is 1.11 bits per heavy atom. The molecule has 4 fully saturated rings. The van der Waals surface area contributed by atoms with Crippen LogP contribution >= 0.6 is 12.2 Å². The summed E-state index contributed by atoms with van der Waals surface area (Å²) < 4.78 is 39.8. The molecule has 3 aliphatic heterocycles. The molecule has 3 N–H and O–H groups in total. The fraction of sp³-hybridized carbons (Fsp3) is 0.585. The third kappa shape index (κ3) is 10.9. The van der Waals surface area contributed by atoms with Crippen LogP contribution in [0.1, 0.15) is 124 Å². The van der Waals surface area contributed by atoms with Gasteiger partial charge in [-0.25, -0.2) is 4.98 Å². The molecule has 4 heterocycles. The lowest BCUT2D eigenvalue weighted by Crippen LogP contribution is -2.50. The van der Waals surface area contributed by atoms with Crippen molar-refractivity contribution >= 4 is 52.3 Å². The minimum Gasteiger partial charge on any atom is -0.396 e. The first-order chi connectivity index (χ1) is 27.0. The van der Waals surface area contributed by atoms with Gasteiger partial charge in [0, 0.05) is 33.7 Å². The zero-order chi connectivity index (χ0) is 42.1. The molecule has 0 bridgehead atoms. The molecule has 57 heavy (non-hydrogen) atoms. The number of hydrogen-bond donors (Lipinski definition) is 3. The highest BCUT2D eigenvalue weighted by Gasteiger charge is 2.52. The number of carbonyl (C=O) groups excluding carboxylic acids is 4. The third-order valence-corrected chi connectivity index (χ3v) is 11.4. The maximum absolute atomic E-state index is 13.3. The number of halogens is 3. The Hall–Kier alpha value is -4.46. The number of piperidine rings is 2. The number of nitrogens with zero attached hydrogens (tertiary/aromatic N) is 5. The van der Waals surface area contributed by atoms with Crippen LogP contribution in [0.2, 0.25) is 0 Å². The molecular weight excluding hydrogens is 760 g/mol. The smallest absolute Gasteiger partial charge is 0.396 e. The van der Waals surface area contributed by atoms with Crippen molar-refractivity contribution in [2.24, 2.45) is 5.92 Å². The Labute approximate surface area is 341 Å². The molecule has 1 aliphatic carbocycles. The maximum Gasteiger partial charge on any atom is 0.419 e. The van der Waals surface area contributed by atoms with E-state index in [2.05, 4.69) is 27.4 Å². The maximum atomic E-state index is 13.3. The number of alkyl halides is 3. The first-order valence-electron chi connectivity index (χ1n) is 19.8. The second-order valence-corrected chi connectivity index (χ2v) is 15.6. The van der Waals surface area contributed by atoms with Gasteiger partial charge in [0.2, 0.25) is 17.7 Å². The van der Waals surface area contributed by atoms with Crippen molar-refractivity contribution in [3.63, 3.8) is 0 Å². The van der Waals surface area contributed by atoms with Crippen LogP contribution in [-0.2, 0) is 25.4 Å². The minimum atomic E-state index is -4.75. The number of aliphatic hydroxyl groups is 1. The number of carbonyl (C=O) groups is 4. The number of anilines is 2. The summed E-state index contributed by atoms with van der Waals surface area (Å²) in [5.41, 5.74) is -1.38. The molecule has 314 valence electrons. The molecule has 3 saturated heterocycles. The molecule has 0 spiro atoms. The first-order valence-corrected chi connectivity index (χ1v) is 20.2. The zero-order valence-electron chi connectivity index (χ0n) is 33.3. The van der Waals surface area contributed by atoms with Crippen molar-refractivity contribution in [3.8, 4) is 6.07 Å². The van der Waals surface area contributed by atoms with Crippen LogP contribution in [0, 0.1) is 17.2 Å². The predicted molar refractivity (Wildman–Crippen MR) is 218 cm³/mol. The Morgan fingerprint density at radius 2 is 1.77 bits per heavy atom. The van der Waals surface area contributed by atoms with Gasteiger partial charge in [0.15, 0.2) is 10.8 Å². The molecule has 1 unspecified atom stereocenters. The molecule has 1 aromatic carbocycles. The van der Waals surface area contributed by atoms with Crippen molar-refractivity contribution in [2.75, 3.05) is 29.9 Å². The molecule has 12 nitrogen and oxygen atoms in total. The molecule has 4 amide bonds. The lowest BCUT2D eigenvalue weighted by Gasteiger charge is -2.39. The largest absolute Gasteiger partial charge is 0.419 e. The molecule has 4 aliphatic rings. The number of likely N-dealkylation sites (tertiary alicyclic amines) is 1. The highest BCUT2D eigenvalue weighted by atomic mass is 32.1. The molecule has 6 rings (SSSR count). The summed E-state index contributed by atoms with van der Waals surface area (Å²) in [6.45, 7) is 11.0. The number of imide groups is 1. The van der Waals surface area contributed by atoms with E-state index in [1.165, 1.54) is 6.07 Å². The van der Waals surface area contributed by atoms with E-state index in [1.54, 1.807) is 26.0 Å². The average molecular weight is 818 g/mol. The summed E-state index contributed by atoms with van der Waals surface area (Å²) in [6.07, 6.45) is 5.04. The molecule has 3 atom stereocenters. The van der Waals surface area contributed by atoms with Gasteiger partial charge in [0.1, 0.15) is 11.6 Å². The summed E-state index contributed by atoms with van der Waals surface area (Å²) >= 11 is 5.51. The van der Waals surface area contributed by atoms with Crippen molar-refractivity contribution in [3.05, 3.63) is 53.3 Å². The van der Waals surface area contributed by atoms with E-state index in [0.29, 0.717) is 37.0 Å². The number of amides is 4. The average Bonchev–Trinajstić information content (AvgIpc) is 3.36. The number of benzene rings is 1. The number of aliphatic hydroxyl groups excluding tert-OH is 1. The summed E-state index contributed by atoms with van der Waals surface area (Å²) in [7, 11) is 0. The zero-order valence-corrected chi connectivity index (χ0v) is 34.1. The van der Waals surface area contributed by atoms with E-state index in [0.717, 1.165) is 80.6 Å². The van der Waals surface area contributed by atoms with Gasteiger partial charge in [0.25, 0.3) is 5.91 Å². The van der Waals surface area contributed by atoms with E-state index < -0.39 is 28.9 Å². The second kappa shape index (κ2) is 19.8. The fourth-order valence-corrected chi connectivity index (χ4v) is 8.63. The molecule has 0 radical (unpaired) electrons. The van der Waals surface area contributed by atoms with Crippen molar-refractivity contribution in [2.45, 2.75) is 129 Å². The van der Waals surface area contributed by atoms with E-state index in [4.69, 9.17) is 22.6 Å². The van der Waals surface area contributed by atoms with Gasteiger partial charge in [0.05, 0.1) is 29.9 Å². The fourth-order valence-electron chi connectivity index (χ4n) is 8.06. The Balaban J connectivity index is 0.000000378. The number of thiocarbonyl (C=S) groups is 1. The second-order valence-electron chi connectivity index (χ2n) is 15.2. The normalized spacial score (nSPS) is 22.8. The van der Waals surface area contributed by atoms with Gasteiger partial charge >= 0.3 is 6.18 Å². The van der Waals surface area contributed by atoms with Crippen LogP contribution in [-0.4, -0.2) is 86.0 Å². The van der Waals surface area contributed by atoms with Crippen molar-refractivity contribution in [1.29, 1.82) is 5.26 Å². The van der Waals surface area contributed by atoms with E-state index in [-0.39, 0.29) is 49.9 Å². The Bertz CT molecular complexity index is 1820. The van der Waals surface area contributed by atoms with Gasteiger partial charge < -0.3 is 15.3 Å². The van der Waals surface area contributed by atoms with Gasteiger partial charge in [-0.3, -0.25) is 34.3 Å². The quantitative estimate of drug-likeness (QED) is 0.184. The van der Waals surface area contributed by atoms with Crippen LogP contribution in [0.25, 0.3) is 0 Å². The van der Waals surface area contributed by atoms with E-state index in [9.17, 15) is 32.3 Å². The number of aromatic nitrogens is 1. The monoisotopic (exact) mass is 817 g/mol. The minimum absolute atomic E-state index is 0. The number of hydrogen-bond acceptors (Lipinski definition) is 9. The van der Waals surface area contributed by atoms with Gasteiger partial charge in [-0.1, -0.05) is 45.2 Å². The van der Waals surface area contributed by atoms with Gasteiger partial charge in [-0.15, -0.1) is 0 Å². The standard InChI is InChI=1S/C21H29N3O4.C18H19F3N4OS.C2H6.2H2/c1-14-12-15(9-11-25)8-10-24(14)13-20(27)22-17-4-2-16(3-5-17)18-6-7-19(26)23-21(18)28;1-17(2)15(26)24(16(27)25(17)11-6-4-3-5-7-11)12-8-13(18(19,20)21)14(9-22)23-10-12;1-2;;/h2-5,14-15,18,25H,6-13H2,1H3,(H,22,27)(H,23,26,28);8,10-11H,3-7H2,1-2H3;1-2H3;2*1H/t14-,15-,18?;;;;/m1..../s1. The highest BCUT2D eigenvalue weighted by Crippen LogP contribution is 2.40.